The van der Waals surface area contributed by atoms with Gasteiger partial charge < -0.3 is 10.6 Å². The molecule has 3 N–H and O–H groups in total. The predicted molar refractivity (Wildman–Crippen MR) is 76.3 cm³/mol. The van der Waals surface area contributed by atoms with Crippen LogP contribution in [-0.4, -0.2) is 43.0 Å². The minimum atomic E-state index is -0.671. The van der Waals surface area contributed by atoms with E-state index in [1.807, 2.05) is 20.9 Å². The number of anilines is 1. The largest absolute Gasteiger partial charge is 0.384 e. The van der Waals surface area contributed by atoms with Crippen LogP contribution in [0.15, 0.2) is 12.1 Å². The van der Waals surface area contributed by atoms with E-state index in [1.54, 1.807) is 4.90 Å². The third-order valence-electron chi connectivity index (χ3n) is 3.96. The molecule has 6 heteroatoms. The Morgan fingerprint density at radius 2 is 1.80 bits per heavy atom. The molecule has 0 spiro atoms. The van der Waals surface area contributed by atoms with Crippen molar-refractivity contribution < 1.29 is 8.78 Å². The van der Waals surface area contributed by atoms with Crippen molar-refractivity contribution in [2.75, 3.05) is 31.6 Å². The highest BCUT2D eigenvalue weighted by molar-refractivity contribution is 5.95. The van der Waals surface area contributed by atoms with E-state index < -0.39 is 11.6 Å². The Hall–Kier alpha value is -1.69. The van der Waals surface area contributed by atoms with E-state index in [1.165, 1.54) is 0 Å². The van der Waals surface area contributed by atoms with E-state index in [9.17, 15) is 8.78 Å². The van der Waals surface area contributed by atoms with E-state index in [4.69, 9.17) is 11.1 Å². The molecule has 0 bridgehead atoms. The molecule has 1 aromatic carbocycles. The zero-order valence-electron chi connectivity index (χ0n) is 12.0. The third kappa shape index (κ3) is 2.60. The fraction of sp³-hybridized carbons (Fsp3) is 0.500. The van der Waals surface area contributed by atoms with Gasteiger partial charge in [-0.25, -0.2) is 8.78 Å². The van der Waals surface area contributed by atoms with Gasteiger partial charge in [0.05, 0.1) is 0 Å². The Morgan fingerprint density at radius 3 is 2.25 bits per heavy atom. The summed E-state index contributed by atoms with van der Waals surface area (Å²) in [6, 6.07) is 2.23. The van der Waals surface area contributed by atoms with Crippen LogP contribution in [0.5, 0.6) is 0 Å². The Labute approximate surface area is 117 Å². The summed E-state index contributed by atoms with van der Waals surface area (Å²) < 4.78 is 28.3. The van der Waals surface area contributed by atoms with Crippen molar-refractivity contribution in [1.29, 1.82) is 5.41 Å². The fourth-order valence-corrected chi connectivity index (χ4v) is 2.45. The molecule has 1 heterocycles. The molecule has 0 unspecified atom stereocenters. The van der Waals surface area contributed by atoms with Crippen molar-refractivity contribution in [1.82, 2.24) is 4.90 Å². The van der Waals surface area contributed by atoms with Crippen LogP contribution in [0.2, 0.25) is 0 Å². The summed E-state index contributed by atoms with van der Waals surface area (Å²) in [6.45, 7) is 5.92. The summed E-state index contributed by atoms with van der Waals surface area (Å²) in [6.07, 6.45) is 0. The molecule has 110 valence electrons. The maximum Gasteiger partial charge on any atom is 0.150 e. The molecule has 1 aliphatic heterocycles. The molecular formula is C14H20F2N4. The molecule has 2 rings (SSSR count). The lowest BCUT2D eigenvalue weighted by atomic mass is 9.99. The highest BCUT2D eigenvalue weighted by atomic mass is 19.1. The SMILES string of the molecule is CN1CCN(c2c(F)cc(C(=N)N)cc2F)CC1(C)C. The standard InChI is InChI=1S/C14H20F2N4/c1-14(2)8-20(5-4-19(14)3)12-10(15)6-9(13(17)18)7-11(12)16/h6-7H,4-5,8H2,1-3H3,(H3,17,18). The predicted octanol–water partition coefficient (Wildman–Crippen LogP) is 1.78. The molecule has 0 radical (unpaired) electrons. The maximum atomic E-state index is 14.2. The van der Waals surface area contributed by atoms with Gasteiger partial charge in [0.2, 0.25) is 0 Å². The minimum absolute atomic E-state index is 0.0313. The number of piperazine rings is 1. The first-order chi connectivity index (χ1) is 9.22. The van der Waals surface area contributed by atoms with Crippen molar-refractivity contribution in [3.63, 3.8) is 0 Å². The second kappa shape index (κ2) is 5.01. The first-order valence-corrected chi connectivity index (χ1v) is 6.52. The van der Waals surface area contributed by atoms with E-state index in [0.717, 1.165) is 18.7 Å². The van der Waals surface area contributed by atoms with Crippen LogP contribution in [0.3, 0.4) is 0 Å². The summed E-state index contributed by atoms with van der Waals surface area (Å²) in [5.41, 5.74) is 5.15. The van der Waals surface area contributed by atoms with Gasteiger partial charge in [-0.1, -0.05) is 0 Å². The number of hydrogen-bond donors (Lipinski definition) is 2. The Morgan fingerprint density at radius 1 is 1.25 bits per heavy atom. The number of amidine groups is 1. The molecule has 4 nitrogen and oxygen atoms in total. The quantitative estimate of drug-likeness (QED) is 0.642. The average Bonchev–Trinajstić information content (AvgIpc) is 2.32. The topological polar surface area (TPSA) is 56.4 Å². The lowest BCUT2D eigenvalue weighted by molar-refractivity contribution is 0.138. The van der Waals surface area contributed by atoms with E-state index >= 15 is 0 Å². The summed E-state index contributed by atoms with van der Waals surface area (Å²) in [4.78, 5) is 3.89. The number of hydrogen-bond acceptors (Lipinski definition) is 3. The first-order valence-electron chi connectivity index (χ1n) is 6.52. The van der Waals surface area contributed by atoms with Crippen molar-refractivity contribution in [3.05, 3.63) is 29.3 Å². The summed E-state index contributed by atoms with van der Waals surface area (Å²) in [7, 11) is 2.00. The average molecular weight is 282 g/mol. The van der Waals surface area contributed by atoms with Crippen LogP contribution < -0.4 is 10.6 Å². The van der Waals surface area contributed by atoms with Gasteiger partial charge in [0.15, 0.2) is 0 Å². The minimum Gasteiger partial charge on any atom is -0.384 e. The Bertz CT molecular complexity index is 519. The summed E-state index contributed by atoms with van der Waals surface area (Å²) >= 11 is 0. The molecule has 0 aromatic heterocycles. The number of rotatable bonds is 2. The highest BCUT2D eigenvalue weighted by Gasteiger charge is 2.33. The molecule has 0 amide bonds. The molecule has 0 aliphatic carbocycles. The number of nitrogens with two attached hydrogens (primary N) is 1. The molecule has 0 atom stereocenters. The summed E-state index contributed by atoms with van der Waals surface area (Å²) in [5.74, 6) is -1.68. The third-order valence-corrected chi connectivity index (χ3v) is 3.96. The Balaban J connectivity index is 2.36. The lowest BCUT2D eigenvalue weighted by Crippen LogP contribution is -2.58. The normalized spacial score (nSPS) is 19.1. The number of nitrogens with zero attached hydrogens (tertiary/aromatic N) is 2. The number of nitrogen functional groups attached to an aromatic ring is 1. The molecule has 1 aromatic rings. The van der Waals surface area contributed by atoms with Gasteiger partial charge in [-0.15, -0.1) is 0 Å². The second-order valence-electron chi connectivity index (χ2n) is 5.86. The van der Waals surface area contributed by atoms with E-state index in [0.29, 0.717) is 13.1 Å². The molecular weight excluding hydrogens is 262 g/mol. The van der Waals surface area contributed by atoms with Gasteiger partial charge >= 0.3 is 0 Å². The number of nitrogens with one attached hydrogen (secondary N) is 1. The zero-order chi connectivity index (χ0) is 15.1. The van der Waals surface area contributed by atoms with Crippen molar-refractivity contribution in [2.24, 2.45) is 5.73 Å². The molecule has 1 fully saturated rings. The van der Waals surface area contributed by atoms with Crippen molar-refractivity contribution in [2.45, 2.75) is 19.4 Å². The highest BCUT2D eigenvalue weighted by Crippen LogP contribution is 2.29. The Kier molecular flexibility index (Phi) is 3.69. The smallest absolute Gasteiger partial charge is 0.150 e. The van der Waals surface area contributed by atoms with E-state index in [2.05, 4.69) is 4.90 Å². The van der Waals surface area contributed by atoms with Crippen LogP contribution in [0, 0.1) is 17.0 Å². The van der Waals surface area contributed by atoms with Crippen LogP contribution in [0.25, 0.3) is 0 Å². The van der Waals surface area contributed by atoms with Gasteiger partial charge in [0, 0.05) is 30.7 Å². The van der Waals surface area contributed by atoms with Gasteiger partial charge in [-0.2, -0.15) is 0 Å². The molecule has 1 saturated heterocycles. The number of halogens is 2. The molecule has 0 saturated carbocycles. The van der Waals surface area contributed by atoms with Gasteiger partial charge in [-0.3, -0.25) is 10.3 Å². The van der Waals surface area contributed by atoms with Crippen LogP contribution in [0.1, 0.15) is 19.4 Å². The van der Waals surface area contributed by atoms with Crippen LogP contribution in [-0.2, 0) is 0 Å². The second-order valence-corrected chi connectivity index (χ2v) is 5.86. The first kappa shape index (κ1) is 14.7. The number of likely N-dealkylation sites (N-methyl/N-ethyl adjacent to an activating group) is 1. The monoisotopic (exact) mass is 282 g/mol. The number of benzene rings is 1. The van der Waals surface area contributed by atoms with Gasteiger partial charge in [0.25, 0.3) is 0 Å². The fourth-order valence-electron chi connectivity index (χ4n) is 2.45. The zero-order valence-corrected chi connectivity index (χ0v) is 12.0. The maximum absolute atomic E-state index is 14.2. The van der Waals surface area contributed by atoms with Crippen molar-refractivity contribution in [3.8, 4) is 0 Å². The molecule has 20 heavy (non-hydrogen) atoms. The van der Waals surface area contributed by atoms with Gasteiger partial charge in [-0.05, 0) is 33.0 Å². The van der Waals surface area contributed by atoms with Gasteiger partial charge in [0.1, 0.15) is 23.2 Å². The van der Waals surface area contributed by atoms with Crippen LogP contribution in [0.4, 0.5) is 14.5 Å². The van der Waals surface area contributed by atoms with Crippen LogP contribution >= 0.6 is 0 Å². The van der Waals surface area contributed by atoms with E-state index in [-0.39, 0.29) is 22.6 Å². The molecule has 1 aliphatic rings. The summed E-state index contributed by atoms with van der Waals surface area (Å²) in [5, 5.41) is 7.26. The van der Waals surface area contributed by atoms with Crippen molar-refractivity contribution >= 4 is 11.5 Å². The lowest BCUT2D eigenvalue weighted by Gasteiger charge is -2.46.